The molecule has 0 aromatic carbocycles. The van der Waals surface area contributed by atoms with Crippen molar-refractivity contribution < 1.29 is 13.5 Å². The monoisotopic (exact) mass is 314 g/mol. The van der Waals surface area contributed by atoms with E-state index in [4.69, 9.17) is 10.5 Å². The van der Waals surface area contributed by atoms with Crippen LogP contribution in [0.5, 0.6) is 5.88 Å². The summed E-state index contributed by atoms with van der Waals surface area (Å²) in [6, 6.07) is 0. The number of hydrogen-bond acceptors (Lipinski definition) is 3. The summed E-state index contributed by atoms with van der Waals surface area (Å²) in [5.74, 6) is 0.329. The molecule has 6 heteroatoms. The van der Waals surface area contributed by atoms with Gasteiger partial charge in [0, 0.05) is 18.3 Å². The van der Waals surface area contributed by atoms with Crippen LogP contribution in [0.25, 0.3) is 0 Å². The molecule has 0 saturated heterocycles. The maximum atomic E-state index is 12.5. The fourth-order valence-electron chi connectivity index (χ4n) is 1.06. The molecule has 0 radical (unpaired) electrons. The van der Waals surface area contributed by atoms with Crippen molar-refractivity contribution in [3.63, 3.8) is 0 Å². The zero-order chi connectivity index (χ0) is 10.7. The number of rotatable bonds is 3. The van der Waals surface area contributed by atoms with E-state index < -0.39 is 6.43 Å². The fourth-order valence-corrected chi connectivity index (χ4v) is 1.95. The summed E-state index contributed by atoms with van der Waals surface area (Å²) >= 11 is 1.90. The molecule has 0 aliphatic carbocycles. The van der Waals surface area contributed by atoms with Gasteiger partial charge < -0.3 is 10.5 Å². The molecule has 0 amide bonds. The van der Waals surface area contributed by atoms with E-state index >= 15 is 0 Å². The van der Waals surface area contributed by atoms with Crippen LogP contribution in [-0.2, 0) is 6.54 Å². The van der Waals surface area contributed by atoms with Gasteiger partial charge in [-0.2, -0.15) is 0 Å². The molecule has 0 atom stereocenters. The smallest absolute Gasteiger partial charge is 0.265 e. The second-order valence-electron chi connectivity index (χ2n) is 2.52. The van der Waals surface area contributed by atoms with Crippen molar-refractivity contribution in [2.75, 3.05) is 7.11 Å². The highest BCUT2D eigenvalue weighted by Gasteiger charge is 2.18. The first-order valence-corrected chi connectivity index (χ1v) is 4.89. The van der Waals surface area contributed by atoms with Crippen LogP contribution >= 0.6 is 22.6 Å². The molecule has 1 aromatic rings. The predicted octanol–water partition coefficient (Wildman–Crippen LogP) is 2.09. The van der Waals surface area contributed by atoms with Crippen molar-refractivity contribution in [3.8, 4) is 5.88 Å². The second kappa shape index (κ2) is 4.83. The van der Waals surface area contributed by atoms with Gasteiger partial charge in [0.2, 0.25) is 5.88 Å². The number of hydrogen-bond donors (Lipinski definition) is 1. The van der Waals surface area contributed by atoms with Gasteiger partial charge in [-0.15, -0.1) is 0 Å². The molecule has 78 valence electrons. The Kier molecular flexibility index (Phi) is 3.99. The van der Waals surface area contributed by atoms with Gasteiger partial charge in [0.05, 0.1) is 10.7 Å². The van der Waals surface area contributed by atoms with E-state index in [0.717, 1.165) is 6.20 Å². The molecule has 1 rings (SSSR count). The van der Waals surface area contributed by atoms with E-state index in [2.05, 4.69) is 4.98 Å². The summed E-state index contributed by atoms with van der Waals surface area (Å²) in [5, 5.41) is 0. The minimum absolute atomic E-state index is 0.0524. The SMILES string of the molecule is COc1ncc(C(F)F)c(CN)c1I. The van der Waals surface area contributed by atoms with E-state index in [0.29, 0.717) is 15.0 Å². The van der Waals surface area contributed by atoms with Crippen LogP contribution in [0.4, 0.5) is 8.78 Å². The molecule has 14 heavy (non-hydrogen) atoms. The van der Waals surface area contributed by atoms with E-state index in [1.807, 2.05) is 22.6 Å². The van der Waals surface area contributed by atoms with Crippen molar-refractivity contribution in [2.45, 2.75) is 13.0 Å². The molecule has 1 heterocycles. The molecular weight excluding hydrogens is 305 g/mol. The largest absolute Gasteiger partial charge is 0.480 e. The third-order valence-electron chi connectivity index (χ3n) is 1.75. The average Bonchev–Trinajstić information content (AvgIpc) is 2.17. The van der Waals surface area contributed by atoms with Gasteiger partial charge in [-0.1, -0.05) is 0 Å². The zero-order valence-corrected chi connectivity index (χ0v) is 9.59. The molecule has 0 saturated carbocycles. The fraction of sp³-hybridized carbons (Fsp3) is 0.375. The van der Waals surface area contributed by atoms with Gasteiger partial charge >= 0.3 is 0 Å². The Hall–Kier alpha value is -0.500. The van der Waals surface area contributed by atoms with Gasteiger partial charge in [0.1, 0.15) is 0 Å². The number of aromatic nitrogens is 1. The highest BCUT2D eigenvalue weighted by molar-refractivity contribution is 14.1. The Bertz CT molecular complexity index is 333. The van der Waals surface area contributed by atoms with Crippen LogP contribution in [0.2, 0.25) is 0 Å². The molecule has 0 aliphatic heterocycles. The summed E-state index contributed by atoms with van der Waals surface area (Å²) < 4.78 is 30.4. The van der Waals surface area contributed by atoms with Crippen molar-refractivity contribution in [2.24, 2.45) is 5.73 Å². The van der Waals surface area contributed by atoms with Crippen LogP contribution < -0.4 is 10.5 Å². The summed E-state index contributed by atoms with van der Waals surface area (Å²) in [5.41, 5.74) is 5.66. The minimum Gasteiger partial charge on any atom is -0.480 e. The van der Waals surface area contributed by atoms with Gasteiger partial charge in [-0.25, -0.2) is 13.8 Å². The first-order valence-electron chi connectivity index (χ1n) is 3.81. The molecule has 0 bridgehead atoms. The first-order chi connectivity index (χ1) is 6.61. The summed E-state index contributed by atoms with van der Waals surface area (Å²) in [6.07, 6.45) is -1.45. The normalized spacial score (nSPS) is 10.7. The van der Waals surface area contributed by atoms with Crippen LogP contribution in [-0.4, -0.2) is 12.1 Å². The number of alkyl halides is 2. The van der Waals surface area contributed by atoms with Crippen LogP contribution in [0, 0.1) is 3.57 Å². The second-order valence-corrected chi connectivity index (χ2v) is 3.60. The molecule has 3 nitrogen and oxygen atoms in total. The summed E-state index contributed by atoms with van der Waals surface area (Å²) in [6.45, 7) is 0.0524. The maximum absolute atomic E-state index is 12.5. The van der Waals surface area contributed by atoms with Crippen molar-refractivity contribution in [1.82, 2.24) is 4.98 Å². The van der Waals surface area contributed by atoms with Crippen molar-refractivity contribution in [1.29, 1.82) is 0 Å². The molecule has 1 aromatic heterocycles. The van der Waals surface area contributed by atoms with Crippen LogP contribution in [0.15, 0.2) is 6.20 Å². The van der Waals surface area contributed by atoms with E-state index in [9.17, 15) is 8.78 Å². The molecule has 2 N–H and O–H groups in total. The minimum atomic E-state index is -2.56. The molecule has 0 spiro atoms. The van der Waals surface area contributed by atoms with Crippen LogP contribution in [0.3, 0.4) is 0 Å². The predicted molar refractivity (Wildman–Crippen MR) is 56.4 cm³/mol. The number of ether oxygens (including phenoxy) is 1. The lowest BCUT2D eigenvalue weighted by molar-refractivity contribution is 0.149. The average molecular weight is 314 g/mol. The van der Waals surface area contributed by atoms with Crippen molar-refractivity contribution in [3.05, 3.63) is 20.9 Å². The first kappa shape index (κ1) is 11.6. The van der Waals surface area contributed by atoms with Gasteiger partial charge in [-0.3, -0.25) is 0 Å². The Labute approximate surface area is 93.8 Å². The van der Waals surface area contributed by atoms with E-state index in [-0.39, 0.29) is 12.1 Å². The molecular formula is C8H9F2IN2O. The zero-order valence-electron chi connectivity index (χ0n) is 7.43. The van der Waals surface area contributed by atoms with Gasteiger partial charge in [0.15, 0.2) is 0 Å². The molecule has 0 fully saturated rings. The Morgan fingerprint density at radius 3 is 2.71 bits per heavy atom. The Balaban J connectivity index is 3.28. The standard InChI is InChI=1S/C8H9F2IN2O/c1-14-8-6(11)4(2-12)5(3-13-8)7(9)10/h3,7H,2,12H2,1H3. The lowest BCUT2D eigenvalue weighted by atomic mass is 10.1. The Morgan fingerprint density at radius 2 is 2.29 bits per heavy atom. The highest BCUT2D eigenvalue weighted by Crippen LogP contribution is 2.29. The molecule has 0 unspecified atom stereocenters. The lowest BCUT2D eigenvalue weighted by Gasteiger charge is -2.11. The number of methoxy groups -OCH3 is 1. The van der Waals surface area contributed by atoms with E-state index in [1.165, 1.54) is 7.11 Å². The van der Waals surface area contributed by atoms with E-state index in [1.54, 1.807) is 0 Å². The highest BCUT2D eigenvalue weighted by atomic mass is 127. The van der Waals surface area contributed by atoms with Crippen molar-refractivity contribution >= 4 is 22.6 Å². The summed E-state index contributed by atoms with van der Waals surface area (Å²) in [7, 11) is 1.44. The topological polar surface area (TPSA) is 48.1 Å². The lowest BCUT2D eigenvalue weighted by Crippen LogP contribution is -2.07. The quantitative estimate of drug-likeness (QED) is 0.869. The maximum Gasteiger partial charge on any atom is 0.265 e. The number of nitrogens with zero attached hydrogens (tertiary/aromatic N) is 1. The number of pyridine rings is 1. The van der Waals surface area contributed by atoms with Gasteiger partial charge in [-0.05, 0) is 28.2 Å². The Morgan fingerprint density at radius 1 is 1.64 bits per heavy atom. The number of nitrogens with two attached hydrogens (primary N) is 1. The molecule has 0 aliphatic rings. The van der Waals surface area contributed by atoms with Crippen LogP contribution in [0.1, 0.15) is 17.6 Å². The third-order valence-corrected chi connectivity index (χ3v) is 2.87. The number of halogens is 3. The third kappa shape index (κ3) is 2.11. The summed E-state index contributed by atoms with van der Waals surface area (Å²) in [4.78, 5) is 3.76. The van der Waals surface area contributed by atoms with Gasteiger partial charge in [0.25, 0.3) is 6.43 Å².